The van der Waals surface area contributed by atoms with Crippen molar-refractivity contribution in [2.45, 2.75) is 13.3 Å². The molecule has 4 amide bonds. The maximum absolute atomic E-state index is 12.9. The molecule has 1 fully saturated rings. The summed E-state index contributed by atoms with van der Waals surface area (Å²) in [5, 5.41) is 2.17. The fourth-order valence-electron chi connectivity index (χ4n) is 3.53. The molecule has 38 heavy (non-hydrogen) atoms. The number of aromatic nitrogens is 2. The van der Waals surface area contributed by atoms with E-state index in [1.54, 1.807) is 72.8 Å². The molecule has 1 aliphatic heterocycles. The summed E-state index contributed by atoms with van der Waals surface area (Å²) >= 11 is 0. The van der Waals surface area contributed by atoms with Crippen LogP contribution in [-0.4, -0.2) is 32.9 Å². The van der Waals surface area contributed by atoms with E-state index < -0.39 is 29.1 Å². The average molecular weight is 538 g/mol. The number of para-hydroxylation sites is 2. The van der Waals surface area contributed by atoms with Gasteiger partial charge in [-0.25, -0.2) is 9.69 Å². The van der Waals surface area contributed by atoms with Crippen LogP contribution >= 0.6 is 0 Å². The second-order valence-electron chi connectivity index (χ2n) is 7.69. The largest absolute Gasteiger partial charge is 1.00 e. The molecule has 2 aromatic carbocycles. The van der Waals surface area contributed by atoms with Crippen LogP contribution in [0.15, 0.2) is 99.6 Å². The Hall–Kier alpha value is -3.45. The third-order valence-electron chi connectivity index (χ3n) is 5.41. The smallest absolute Gasteiger partial charge is 0.870 e. The monoisotopic (exact) mass is 537 g/mol. The van der Waals surface area contributed by atoms with Gasteiger partial charge in [-0.05, 0) is 36.8 Å². The van der Waals surface area contributed by atoms with Gasteiger partial charge in [0.05, 0.1) is 5.69 Å². The topological polar surface area (TPSA) is 151 Å². The van der Waals surface area contributed by atoms with Crippen LogP contribution in [0.3, 0.4) is 0 Å². The van der Waals surface area contributed by atoms with Gasteiger partial charge in [0.1, 0.15) is 5.57 Å². The van der Waals surface area contributed by atoms with Crippen LogP contribution in [-0.2, 0) is 9.59 Å². The zero-order chi connectivity index (χ0) is 25.7. The van der Waals surface area contributed by atoms with E-state index in [0.717, 1.165) is 9.47 Å². The molecule has 1 aromatic heterocycles. The van der Waals surface area contributed by atoms with Crippen LogP contribution in [0.25, 0.3) is 11.8 Å². The molecule has 0 unspecified atom stereocenters. The fraction of sp³-hybridized carbons (Fsp3) is 0.0741. The van der Waals surface area contributed by atoms with Crippen molar-refractivity contribution in [1.29, 1.82) is 0 Å². The predicted octanol–water partition coefficient (Wildman–Crippen LogP) is -0.288. The van der Waals surface area contributed by atoms with Crippen molar-refractivity contribution < 1.29 is 71.2 Å². The van der Waals surface area contributed by atoms with E-state index in [9.17, 15) is 24.0 Å². The molecule has 11 heteroatoms. The summed E-state index contributed by atoms with van der Waals surface area (Å²) in [5.74, 6) is -1.54. The zero-order valence-electron chi connectivity index (χ0n) is 20.7. The van der Waals surface area contributed by atoms with E-state index in [2.05, 4.69) is 16.5 Å². The molecule has 2 heterocycles. The number of urea groups is 1. The first-order chi connectivity index (χ1) is 17.4. The SMILES string of the molecule is CCC(C=Cc1[c-][nH]c(=O)n(-c2ccccc2)c1=O)=CC=C1C(=O)NC(=O)N(c2ccccc2)C1=O.[K+].[OH-]. The zero-order valence-corrected chi connectivity index (χ0v) is 23.8. The Bertz CT molecular complexity index is 1540. The third-order valence-corrected chi connectivity index (χ3v) is 5.41. The minimum Gasteiger partial charge on any atom is -0.870 e. The number of hydrogen-bond acceptors (Lipinski definition) is 6. The number of nitrogens with zero attached hydrogens (tertiary/aromatic N) is 2. The summed E-state index contributed by atoms with van der Waals surface area (Å²) in [7, 11) is 0. The number of nitrogens with one attached hydrogen (secondary N) is 2. The van der Waals surface area contributed by atoms with Crippen molar-refractivity contribution in [3.05, 3.63) is 123 Å². The molecule has 0 atom stereocenters. The van der Waals surface area contributed by atoms with Crippen molar-refractivity contribution in [3.63, 3.8) is 0 Å². The maximum atomic E-state index is 12.9. The number of H-pyrrole nitrogens is 1. The summed E-state index contributed by atoms with van der Waals surface area (Å²) in [6.45, 7) is 1.86. The molecule has 1 aliphatic rings. The molecular formula is C27H22KN4O6-. The van der Waals surface area contributed by atoms with Crippen molar-refractivity contribution in [1.82, 2.24) is 14.9 Å². The Morgan fingerprint density at radius 3 is 2.13 bits per heavy atom. The number of imide groups is 2. The van der Waals surface area contributed by atoms with Gasteiger partial charge in [-0.2, -0.15) is 0 Å². The van der Waals surface area contributed by atoms with Gasteiger partial charge >= 0.3 is 57.4 Å². The van der Waals surface area contributed by atoms with E-state index >= 15 is 0 Å². The van der Waals surface area contributed by atoms with E-state index in [-0.39, 0.29) is 68.0 Å². The van der Waals surface area contributed by atoms with E-state index in [1.165, 1.54) is 12.2 Å². The quantitative estimate of drug-likeness (QED) is 0.145. The Morgan fingerprint density at radius 2 is 1.53 bits per heavy atom. The first-order valence-corrected chi connectivity index (χ1v) is 11.1. The molecule has 188 valence electrons. The minimum atomic E-state index is -0.823. The average Bonchev–Trinajstić information content (AvgIpc) is 2.88. The number of hydrogen-bond donors (Lipinski definition) is 2. The second-order valence-corrected chi connectivity index (χ2v) is 7.69. The van der Waals surface area contributed by atoms with E-state index in [0.29, 0.717) is 23.4 Å². The van der Waals surface area contributed by atoms with Crippen LogP contribution < -0.4 is 72.9 Å². The summed E-state index contributed by atoms with van der Waals surface area (Å²) in [6.07, 6.45) is 9.10. The van der Waals surface area contributed by atoms with Crippen molar-refractivity contribution in [3.8, 4) is 5.69 Å². The van der Waals surface area contributed by atoms with Crippen LogP contribution in [0.2, 0.25) is 0 Å². The first-order valence-electron chi connectivity index (χ1n) is 11.1. The Labute approximate surface area is 260 Å². The van der Waals surface area contributed by atoms with Gasteiger partial charge in [-0.3, -0.25) is 14.9 Å². The predicted molar refractivity (Wildman–Crippen MR) is 136 cm³/mol. The molecule has 0 aliphatic carbocycles. The van der Waals surface area contributed by atoms with Crippen molar-refractivity contribution in [2.24, 2.45) is 0 Å². The fourth-order valence-corrected chi connectivity index (χ4v) is 3.53. The van der Waals surface area contributed by atoms with Gasteiger partial charge in [-0.1, -0.05) is 66.7 Å². The van der Waals surface area contributed by atoms with Crippen LogP contribution in [0.1, 0.15) is 18.9 Å². The number of amides is 4. The number of carbonyl (C=O) groups is 3. The number of aromatic amines is 1. The normalized spacial score (nSPS) is 14.8. The molecule has 0 saturated carbocycles. The van der Waals surface area contributed by atoms with Gasteiger partial charge in [0.25, 0.3) is 11.8 Å². The number of carbonyl (C=O) groups excluding carboxylic acids is 3. The summed E-state index contributed by atoms with van der Waals surface area (Å²) < 4.78 is 1.01. The minimum absolute atomic E-state index is 0. The molecule has 0 radical (unpaired) electrons. The van der Waals surface area contributed by atoms with Gasteiger partial charge in [0.15, 0.2) is 5.56 Å². The molecule has 3 N–H and O–H groups in total. The molecule has 3 aromatic rings. The number of allylic oxidation sites excluding steroid dienone is 4. The molecule has 0 bridgehead atoms. The summed E-state index contributed by atoms with van der Waals surface area (Å²) in [5.41, 5.74) is 0.186. The van der Waals surface area contributed by atoms with Gasteiger partial charge in [0.2, 0.25) is 5.69 Å². The van der Waals surface area contributed by atoms with Crippen LogP contribution in [0.4, 0.5) is 10.5 Å². The van der Waals surface area contributed by atoms with Gasteiger partial charge < -0.3 is 24.6 Å². The molecule has 4 rings (SSSR count). The molecule has 10 nitrogen and oxygen atoms in total. The third kappa shape index (κ3) is 6.70. The van der Waals surface area contributed by atoms with E-state index in [4.69, 9.17) is 0 Å². The maximum Gasteiger partial charge on any atom is 1.00 e. The van der Waals surface area contributed by atoms with Crippen LogP contribution in [0, 0.1) is 6.20 Å². The van der Waals surface area contributed by atoms with Crippen LogP contribution in [0.5, 0.6) is 0 Å². The standard InChI is InChI=1S/C27H21N4O5.K.H2O/c1-2-18(13-15-19-17-28-26(35)30(24(19)33)20-9-5-3-6-10-20)14-16-22-23(32)29-27(36)31(25(22)34)21-11-7-4-8-12-21;;/h3-16H,2H2,1H3,(H,28,35)(H,29,32,36);;1H2/q-1;+1;/p-1. The first kappa shape index (κ1) is 30.8. The Balaban J connectivity index is 0.00000253. The molecule has 0 spiro atoms. The summed E-state index contributed by atoms with van der Waals surface area (Å²) in [6, 6.07) is 15.9. The molecule has 1 saturated heterocycles. The number of anilines is 1. The second kappa shape index (κ2) is 13.9. The van der Waals surface area contributed by atoms with E-state index in [1.807, 2.05) is 6.92 Å². The van der Waals surface area contributed by atoms with Gasteiger partial charge in [-0.15, -0.1) is 12.2 Å². The summed E-state index contributed by atoms with van der Waals surface area (Å²) in [4.78, 5) is 65.9. The van der Waals surface area contributed by atoms with Crippen molar-refractivity contribution >= 4 is 29.6 Å². The number of rotatable bonds is 6. The number of barbiturate groups is 1. The van der Waals surface area contributed by atoms with Gasteiger partial charge in [0, 0.05) is 5.69 Å². The number of benzene rings is 2. The van der Waals surface area contributed by atoms with Crippen molar-refractivity contribution in [2.75, 3.05) is 4.90 Å². The Morgan fingerprint density at radius 1 is 0.921 bits per heavy atom. The molecular weight excluding hydrogens is 515 g/mol. The Kier molecular flexibility index (Phi) is 11.3.